The van der Waals surface area contributed by atoms with E-state index in [0.29, 0.717) is 5.88 Å². The first-order valence-corrected chi connectivity index (χ1v) is 5.04. The maximum atomic E-state index is 8.56. The normalized spacial score (nSPS) is 14.0. The Labute approximate surface area is 53.8 Å². The van der Waals surface area contributed by atoms with Gasteiger partial charge in [0.2, 0.25) is 0 Å². The topological polar surface area (TPSA) is 49.7 Å². The summed E-state index contributed by atoms with van der Waals surface area (Å²) in [5.41, 5.74) is 0. The van der Waals surface area contributed by atoms with Gasteiger partial charge in [-0.2, -0.15) is 0 Å². The quantitative estimate of drug-likeness (QED) is 0.463. The molecule has 0 radical (unpaired) electrons. The summed E-state index contributed by atoms with van der Waals surface area (Å²) in [6, 6.07) is 0. The van der Waals surface area contributed by atoms with Crippen LogP contribution in [0.3, 0.4) is 0 Å². The third kappa shape index (κ3) is 6.60. The van der Waals surface area contributed by atoms with E-state index in [-0.39, 0.29) is 6.61 Å². The van der Waals surface area contributed by atoms with Gasteiger partial charge in [0.15, 0.2) is 0 Å². The van der Waals surface area contributed by atoms with Gasteiger partial charge in [-0.15, -0.1) is 0 Å². The van der Waals surface area contributed by atoms with Crippen molar-refractivity contribution in [1.29, 1.82) is 0 Å². The molecule has 0 rings (SSSR count). The van der Waals surface area contributed by atoms with Crippen molar-refractivity contribution < 1.29 is 14.3 Å². The predicted octanol–water partition coefficient (Wildman–Crippen LogP) is 0.351. The molecule has 2 N–H and O–H groups in total. The van der Waals surface area contributed by atoms with Crippen molar-refractivity contribution in [2.45, 2.75) is 0 Å². The Morgan fingerprint density at radius 3 is 2.25 bits per heavy atom. The zero-order chi connectivity index (χ0) is 6.62. The second-order valence-electron chi connectivity index (χ2n) is 1.47. The van der Waals surface area contributed by atoms with Crippen LogP contribution in [-0.4, -0.2) is 28.9 Å². The first kappa shape index (κ1) is 8.60. The maximum absolute atomic E-state index is 8.56. The zero-order valence-corrected chi connectivity index (χ0v) is 6.35. The molecule has 0 heterocycles. The molecular formula is C3H10ClO3P. The predicted molar refractivity (Wildman–Crippen MR) is 35.3 cm³/mol. The van der Waals surface area contributed by atoms with Gasteiger partial charge in [0.05, 0.1) is 0 Å². The summed E-state index contributed by atoms with van der Waals surface area (Å²) in [6.45, 7) is 1.47. The monoisotopic (exact) mass is 160 g/mol. The van der Waals surface area contributed by atoms with Crippen LogP contribution in [0.2, 0.25) is 0 Å². The number of alkyl halides is 1. The molecule has 0 unspecified atom stereocenters. The van der Waals surface area contributed by atoms with E-state index in [4.69, 9.17) is 21.4 Å². The van der Waals surface area contributed by atoms with Crippen LogP contribution in [0.15, 0.2) is 0 Å². The Balaban J connectivity index is 3.11. The van der Waals surface area contributed by atoms with E-state index >= 15 is 0 Å². The van der Waals surface area contributed by atoms with Gasteiger partial charge in [0, 0.05) is 0 Å². The third-order valence-electron chi connectivity index (χ3n) is 0.453. The van der Waals surface area contributed by atoms with E-state index < -0.39 is 7.94 Å². The van der Waals surface area contributed by atoms with Gasteiger partial charge >= 0.3 is 53.0 Å². The van der Waals surface area contributed by atoms with Crippen molar-refractivity contribution in [3.05, 3.63) is 0 Å². The third-order valence-corrected chi connectivity index (χ3v) is 1.36. The molecule has 0 aliphatic heterocycles. The molecule has 0 spiro atoms. The summed E-state index contributed by atoms with van der Waals surface area (Å²) in [7, 11) is -3.26. The van der Waals surface area contributed by atoms with Crippen LogP contribution in [0.5, 0.6) is 0 Å². The number of halogens is 1. The molecule has 8 heavy (non-hydrogen) atoms. The van der Waals surface area contributed by atoms with Crippen molar-refractivity contribution in [2.75, 3.05) is 19.2 Å². The van der Waals surface area contributed by atoms with Gasteiger partial charge in [-0.05, 0) is 0 Å². The SMILES string of the molecule is C[PH](O)(O)OCCCl. The van der Waals surface area contributed by atoms with Crippen LogP contribution in [-0.2, 0) is 4.52 Å². The molecule has 5 heteroatoms. The Morgan fingerprint density at radius 2 is 2.12 bits per heavy atom. The number of hydrogen-bond donors (Lipinski definition) is 2. The first-order valence-electron chi connectivity index (χ1n) is 2.21. The summed E-state index contributed by atoms with van der Waals surface area (Å²) < 4.78 is 4.50. The molecule has 0 bridgehead atoms. The Kier molecular flexibility index (Phi) is 3.86. The van der Waals surface area contributed by atoms with Crippen LogP contribution in [0.4, 0.5) is 0 Å². The fourth-order valence-electron chi connectivity index (χ4n) is 0.232. The Hall–Kier alpha value is 0.600. The van der Waals surface area contributed by atoms with E-state index in [9.17, 15) is 0 Å². The second-order valence-corrected chi connectivity index (χ2v) is 4.01. The van der Waals surface area contributed by atoms with Gasteiger partial charge in [-0.25, -0.2) is 0 Å². The van der Waals surface area contributed by atoms with E-state index in [1.165, 1.54) is 6.66 Å². The fourth-order valence-corrected chi connectivity index (χ4v) is 0.927. The fraction of sp³-hybridized carbons (Fsp3) is 1.00. The Morgan fingerprint density at radius 1 is 1.62 bits per heavy atom. The van der Waals surface area contributed by atoms with E-state index in [1.807, 2.05) is 0 Å². The first-order chi connectivity index (χ1) is 3.56. The van der Waals surface area contributed by atoms with Crippen LogP contribution in [0, 0.1) is 0 Å². The molecule has 0 aromatic heterocycles. The zero-order valence-electron chi connectivity index (χ0n) is 4.59. The molecule has 52 valence electrons. The molecule has 0 aromatic rings. The van der Waals surface area contributed by atoms with Gasteiger partial charge in [0.1, 0.15) is 0 Å². The summed E-state index contributed by atoms with van der Waals surface area (Å²) in [6.07, 6.45) is 0. The van der Waals surface area contributed by atoms with Crippen LogP contribution < -0.4 is 0 Å². The summed E-state index contributed by atoms with van der Waals surface area (Å²) in [5, 5.41) is 0. The van der Waals surface area contributed by atoms with E-state index in [0.717, 1.165) is 0 Å². The molecule has 0 saturated heterocycles. The number of rotatable bonds is 3. The molecule has 0 aliphatic rings. The second kappa shape index (κ2) is 3.59. The van der Waals surface area contributed by atoms with Crippen molar-refractivity contribution in [1.82, 2.24) is 0 Å². The van der Waals surface area contributed by atoms with Crippen molar-refractivity contribution >= 4 is 19.5 Å². The standard InChI is InChI=1S/C3H10ClO3P/c1-8(5,6)7-3-2-4/h5-6,8H,2-3H2,1H3. The molecule has 0 amide bonds. The van der Waals surface area contributed by atoms with Crippen molar-refractivity contribution in [3.63, 3.8) is 0 Å². The molecular weight excluding hydrogens is 150 g/mol. The summed E-state index contributed by atoms with van der Waals surface area (Å²) in [4.78, 5) is 17.1. The molecule has 0 atom stereocenters. The Bertz CT molecular complexity index is 62.0. The van der Waals surface area contributed by atoms with Crippen LogP contribution in [0.25, 0.3) is 0 Å². The molecule has 3 nitrogen and oxygen atoms in total. The molecule has 0 saturated carbocycles. The summed E-state index contributed by atoms with van der Waals surface area (Å²) in [5.74, 6) is 0.295. The van der Waals surface area contributed by atoms with Crippen molar-refractivity contribution in [3.8, 4) is 0 Å². The summed E-state index contributed by atoms with van der Waals surface area (Å²) >= 11 is 5.18. The molecule has 0 aliphatic carbocycles. The van der Waals surface area contributed by atoms with Gasteiger partial charge in [-0.1, -0.05) is 0 Å². The van der Waals surface area contributed by atoms with E-state index in [2.05, 4.69) is 4.52 Å². The van der Waals surface area contributed by atoms with Gasteiger partial charge < -0.3 is 0 Å². The van der Waals surface area contributed by atoms with Crippen LogP contribution in [0.1, 0.15) is 0 Å². The minimum atomic E-state index is -3.26. The van der Waals surface area contributed by atoms with E-state index in [1.54, 1.807) is 0 Å². The average Bonchev–Trinajstić information content (AvgIpc) is 1.59. The van der Waals surface area contributed by atoms with Crippen LogP contribution >= 0.6 is 19.5 Å². The molecule has 0 fully saturated rings. The van der Waals surface area contributed by atoms with Gasteiger partial charge in [0.25, 0.3) is 0 Å². The number of hydrogen-bond acceptors (Lipinski definition) is 3. The van der Waals surface area contributed by atoms with Gasteiger partial charge in [-0.3, -0.25) is 0 Å². The average molecular weight is 161 g/mol. The minimum absolute atomic E-state index is 0.206. The molecule has 0 aromatic carbocycles. The van der Waals surface area contributed by atoms with Crippen molar-refractivity contribution in [2.24, 2.45) is 0 Å².